The van der Waals surface area contributed by atoms with E-state index in [1.54, 1.807) is 25.1 Å². The molecular formula is C13H11N3O4. The molecule has 0 radical (unpaired) electrons. The summed E-state index contributed by atoms with van der Waals surface area (Å²) in [5.74, 6) is -0.668. The molecule has 102 valence electrons. The van der Waals surface area contributed by atoms with Crippen LogP contribution in [0.4, 0.5) is 5.69 Å². The third-order valence-electron chi connectivity index (χ3n) is 3.08. The zero-order chi connectivity index (χ0) is 14.3. The predicted octanol–water partition coefficient (Wildman–Crippen LogP) is 1.21. The molecule has 0 aliphatic carbocycles. The third-order valence-corrected chi connectivity index (χ3v) is 3.08. The molecule has 1 aromatic carbocycles. The summed E-state index contributed by atoms with van der Waals surface area (Å²) in [6.07, 6.45) is 1.30. The summed E-state index contributed by atoms with van der Waals surface area (Å²) in [5, 5.41) is 15.8. The molecule has 7 nitrogen and oxygen atoms in total. The number of benzene rings is 1. The van der Waals surface area contributed by atoms with Crippen LogP contribution in [0.5, 0.6) is 5.75 Å². The van der Waals surface area contributed by atoms with E-state index in [0.717, 1.165) is 0 Å². The number of ether oxygens (including phenoxy) is 1. The summed E-state index contributed by atoms with van der Waals surface area (Å²) in [6.45, 7) is 1.67. The van der Waals surface area contributed by atoms with E-state index < -0.39 is 5.97 Å². The first-order valence-corrected chi connectivity index (χ1v) is 5.91. The van der Waals surface area contributed by atoms with Crippen molar-refractivity contribution in [2.24, 2.45) is 0 Å². The fourth-order valence-electron chi connectivity index (χ4n) is 2.08. The second-order valence-corrected chi connectivity index (χ2v) is 4.38. The Balaban J connectivity index is 2.05. The number of rotatable bonds is 2. The van der Waals surface area contributed by atoms with Gasteiger partial charge in [-0.3, -0.25) is 4.79 Å². The van der Waals surface area contributed by atoms with E-state index >= 15 is 0 Å². The lowest BCUT2D eigenvalue weighted by Crippen LogP contribution is -2.25. The van der Waals surface area contributed by atoms with Crippen LogP contribution < -0.4 is 10.1 Å². The highest BCUT2D eigenvalue weighted by Gasteiger charge is 2.18. The average molecular weight is 273 g/mol. The van der Waals surface area contributed by atoms with Gasteiger partial charge in [-0.1, -0.05) is 0 Å². The highest BCUT2D eigenvalue weighted by molar-refractivity contribution is 5.95. The van der Waals surface area contributed by atoms with E-state index in [1.165, 1.54) is 10.9 Å². The molecule has 0 spiro atoms. The summed E-state index contributed by atoms with van der Waals surface area (Å²) in [7, 11) is 0. The molecule has 0 atom stereocenters. The molecule has 1 aliphatic rings. The molecule has 2 heterocycles. The monoisotopic (exact) mass is 273 g/mol. The van der Waals surface area contributed by atoms with Gasteiger partial charge in [-0.05, 0) is 25.1 Å². The maximum absolute atomic E-state index is 11.3. The Hall–Kier alpha value is -2.83. The highest BCUT2D eigenvalue weighted by atomic mass is 16.5. The molecule has 1 aliphatic heterocycles. The molecular weight excluding hydrogens is 262 g/mol. The number of carboxylic acids is 1. The molecule has 1 aromatic heterocycles. The van der Waals surface area contributed by atoms with Gasteiger partial charge in [0, 0.05) is 0 Å². The Morgan fingerprint density at radius 3 is 3.00 bits per heavy atom. The summed E-state index contributed by atoms with van der Waals surface area (Å²) < 4.78 is 6.77. The molecule has 0 fully saturated rings. The van der Waals surface area contributed by atoms with Crippen LogP contribution in [0.15, 0.2) is 24.4 Å². The smallest absolute Gasteiger partial charge is 0.339 e. The van der Waals surface area contributed by atoms with Gasteiger partial charge in [0.25, 0.3) is 5.91 Å². The number of aromatic carboxylic acids is 1. The lowest BCUT2D eigenvalue weighted by atomic mass is 10.2. The van der Waals surface area contributed by atoms with Crippen LogP contribution in [-0.2, 0) is 4.79 Å². The molecule has 20 heavy (non-hydrogen) atoms. The first-order chi connectivity index (χ1) is 9.56. The number of amides is 1. The molecule has 0 saturated carbocycles. The summed E-state index contributed by atoms with van der Waals surface area (Å²) >= 11 is 0. The number of hydrogen-bond acceptors (Lipinski definition) is 4. The Bertz CT molecular complexity index is 720. The van der Waals surface area contributed by atoms with Crippen LogP contribution in [0.25, 0.3) is 5.69 Å². The topological polar surface area (TPSA) is 93.5 Å². The standard InChI is InChI=1S/C13H11N3O4/c1-7-9(13(18)19)5-14-16(7)8-2-3-11-10(4-8)15-12(17)6-20-11/h2-5H,6H2,1H3,(H,15,17)(H,18,19). The van der Waals surface area contributed by atoms with Crippen molar-refractivity contribution in [3.05, 3.63) is 35.7 Å². The molecule has 2 N–H and O–H groups in total. The van der Waals surface area contributed by atoms with Gasteiger partial charge >= 0.3 is 5.97 Å². The largest absolute Gasteiger partial charge is 0.482 e. The Morgan fingerprint density at radius 2 is 2.30 bits per heavy atom. The molecule has 0 unspecified atom stereocenters. The molecule has 1 amide bonds. The predicted molar refractivity (Wildman–Crippen MR) is 69.4 cm³/mol. The van der Waals surface area contributed by atoms with Gasteiger partial charge in [-0.25, -0.2) is 9.48 Å². The van der Waals surface area contributed by atoms with E-state index in [4.69, 9.17) is 9.84 Å². The van der Waals surface area contributed by atoms with Crippen molar-refractivity contribution < 1.29 is 19.4 Å². The van der Waals surface area contributed by atoms with E-state index in [9.17, 15) is 9.59 Å². The van der Waals surface area contributed by atoms with Crippen molar-refractivity contribution in [1.29, 1.82) is 0 Å². The van der Waals surface area contributed by atoms with Gasteiger partial charge < -0.3 is 15.2 Å². The Labute approximate surface area is 113 Å². The normalized spacial score (nSPS) is 13.3. The van der Waals surface area contributed by atoms with Gasteiger partial charge in [0.2, 0.25) is 0 Å². The number of carbonyl (C=O) groups is 2. The number of aromatic nitrogens is 2. The van der Waals surface area contributed by atoms with Crippen molar-refractivity contribution in [3.63, 3.8) is 0 Å². The average Bonchev–Trinajstić information content (AvgIpc) is 2.80. The number of fused-ring (bicyclic) bond motifs is 1. The number of carboxylic acid groups (broad SMARTS) is 1. The quantitative estimate of drug-likeness (QED) is 0.857. The Morgan fingerprint density at radius 1 is 1.50 bits per heavy atom. The van der Waals surface area contributed by atoms with Crippen LogP contribution in [0, 0.1) is 6.92 Å². The maximum Gasteiger partial charge on any atom is 0.339 e. The number of anilines is 1. The highest BCUT2D eigenvalue weighted by Crippen LogP contribution is 2.30. The molecule has 0 bridgehead atoms. The number of nitrogens with zero attached hydrogens (tertiary/aromatic N) is 2. The van der Waals surface area contributed by atoms with Gasteiger partial charge in [-0.2, -0.15) is 5.10 Å². The van der Waals surface area contributed by atoms with Gasteiger partial charge in [0.15, 0.2) is 6.61 Å². The van der Waals surface area contributed by atoms with Crippen LogP contribution in [0.3, 0.4) is 0 Å². The maximum atomic E-state index is 11.3. The van der Waals surface area contributed by atoms with E-state index in [2.05, 4.69) is 10.4 Å². The molecule has 2 aromatic rings. The number of hydrogen-bond donors (Lipinski definition) is 2. The minimum Gasteiger partial charge on any atom is -0.482 e. The fourth-order valence-corrected chi connectivity index (χ4v) is 2.08. The van der Waals surface area contributed by atoms with Crippen molar-refractivity contribution in [1.82, 2.24) is 9.78 Å². The van der Waals surface area contributed by atoms with Crippen molar-refractivity contribution >= 4 is 17.6 Å². The van der Waals surface area contributed by atoms with Gasteiger partial charge in [0.05, 0.1) is 23.3 Å². The SMILES string of the molecule is Cc1c(C(=O)O)cnn1-c1ccc2c(c1)NC(=O)CO2. The zero-order valence-corrected chi connectivity index (χ0v) is 10.6. The Kier molecular flexibility index (Phi) is 2.67. The van der Waals surface area contributed by atoms with Gasteiger partial charge in [0.1, 0.15) is 11.3 Å². The van der Waals surface area contributed by atoms with Crippen LogP contribution >= 0.6 is 0 Å². The van der Waals surface area contributed by atoms with Crippen molar-refractivity contribution in [2.75, 3.05) is 11.9 Å². The number of carbonyl (C=O) groups excluding carboxylic acids is 1. The van der Waals surface area contributed by atoms with E-state index in [0.29, 0.717) is 22.8 Å². The lowest BCUT2D eigenvalue weighted by Gasteiger charge is -2.18. The third kappa shape index (κ3) is 1.89. The van der Waals surface area contributed by atoms with E-state index in [1.807, 2.05) is 0 Å². The second kappa shape index (κ2) is 4.37. The molecule has 7 heteroatoms. The first-order valence-electron chi connectivity index (χ1n) is 5.91. The molecule has 0 saturated heterocycles. The van der Waals surface area contributed by atoms with Crippen LogP contribution in [0.2, 0.25) is 0 Å². The van der Waals surface area contributed by atoms with E-state index in [-0.39, 0.29) is 18.1 Å². The minimum atomic E-state index is -1.02. The van der Waals surface area contributed by atoms with Crippen molar-refractivity contribution in [2.45, 2.75) is 6.92 Å². The second-order valence-electron chi connectivity index (χ2n) is 4.38. The zero-order valence-electron chi connectivity index (χ0n) is 10.6. The minimum absolute atomic E-state index is 0.00366. The summed E-state index contributed by atoms with van der Waals surface area (Å²) in [6, 6.07) is 5.16. The first kappa shape index (κ1) is 12.2. The summed E-state index contributed by atoms with van der Waals surface area (Å²) in [5.41, 5.74) is 1.86. The lowest BCUT2D eigenvalue weighted by molar-refractivity contribution is -0.118. The van der Waals surface area contributed by atoms with Crippen LogP contribution in [-0.4, -0.2) is 33.4 Å². The van der Waals surface area contributed by atoms with Gasteiger partial charge in [-0.15, -0.1) is 0 Å². The van der Waals surface area contributed by atoms with Crippen LogP contribution in [0.1, 0.15) is 16.1 Å². The fraction of sp³-hybridized carbons (Fsp3) is 0.154. The molecule has 3 rings (SSSR count). The number of nitrogens with one attached hydrogen (secondary N) is 1. The van der Waals surface area contributed by atoms with Crippen molar-refractivity contribution in [3.8, 4) is 11.4 Å². The summed E-state index contributed by atoms with van der Waals surface area (Å²) in [4.78, 5) is 22.3.